The van der Waals surface area contributed by atoms with Gasteiger partial charge in [0.05, 0.1) is 13.0 Å². The molecule has 2 aliphatic rings. The summed E-state index contributed by atoms with van der Waals surface area (Å²) in [5.74, 6) is -1.41. The molecule has 26 heavy (non-hydrogen) atoms. The zero-order valence-electron chi connectivity index (χ0n) is 14.1. The van der Waals surface area contributed by atoms with Crippen LogP contribution in [0, 0.1) is 5.92 Å². The fourth-order valence-corrected chi connectivity index (χ4v) is 3.34. The van der Waals surface area contributed by atoms with E-state index < -0.39 is 30.3 Å². The highest BCUT2D eigenvalue weighted by atomic mass is 19.4. The molecule has 1 fully saturated rings. The zero-order chi connectivity index (χ0) is 18.9. The monoisotopic (exact) mass is 372 g/mol. The zero-order valence-corrected chi connectivity index (χ0v) is 14.1. The number of hydrogen-bond donors (Lipinski definition) is 1. The Bertz CT molecular complexity index is 705. The lowest BCUT2D eigenvalue weighted by Gasteiger charge is -2.38. The lowest BCUT2D eigenvalue weighted by molar-refractivity contribution is -0.317. The molecule has 3 rings (SSSR count). The number of benzene rings is 1. The standard InChI is InChI=1S/C17H19F3N2O4/c1-25-11-6-8-12(9-7-11)26-10-15(23)22-16(24,17(18,19)20)13-4-2-3-5-14(13)21-22/h6-9,13,24H,2-5,10H2,1H3/t13-,16-/m1/s1. The van der Waals surface area contributed by atoms with Gasteiger partial charge in [0.25, 0.3) is 11.6 Å². The number of carbonyl (C=O) groups excluding carboxylic acids is 1. The van der Waals surface area contributed by atoms with Crippen LogP contribution in [0.4, 0.5) is 13.2 Å². The number of methoxy groups -OCH3 is 1. The molecular formula is C17H19F3N2O4. The van der Waals surface area contributed by atoms with E-state index in [1.54, 1.807) is 12.1 Å². The van der Waals surface area contributed by atoms with Crippen molar-refractivity contribution in [1.82, 2.24) is 5.01 Å². The minimum Gasteiger partial charge on any atom is -0.497 e. The van der Waals surface area contributed by atoms with E-state index in [4.69, 9.17) is 9.47 Å². The van der Waals surface area contributed by atoms with Crippen LogP contribution in [0.15, 0.2) is 29.4 Å². The molecule has 0 unspecified atom stereocenters. The summed E-state index contributed by atoms with van der Waals surface area (Å²) in [6, 6.07) is 6.24. The number of hydrogen-bond acceptors (Lipinski definition) is 5. The number of alkyl halides is 3. The molecule has 1 heterocycles. The van der Waals surface area contributed by atoms with Gasteiger partial charge in [0, 0.05) is 5.71 Å². The number of fused-ring (bicyclic) bond motifs is 1. The summed E-state index contributed by atoms with van der Waals surface area (Å²) in [6.07, 6.45) is -3.31. The van der Waals surface area contributed by atoms with E-state index in [-0.39, 0.29) is 17.1 Å². The second-order valence-electron chi connectivity index (χ2n) is 6.28. The highest BCUT2D eigenvalue weighted by Crippen LogP contribution is 2.48. The fourth-order valence-electron chi connectivity index (χ4n) is 3.34. The number of hydrazone groups is 1. The number of carbonyl (C=O) groups is 1. The van der Waals surface area contributed by atoms with Crippen molar-refractivity contribution >= 4 is 11.6 Å². The maximum absolute atomic E-state index is 13.6. The Hall–Kier alpha value is -2.29. The van der Waals surface area contributed by atoms with Gasteiger partial charge in [-0.1, -0.05) is 6.42 Å². The topological polar surface area (TPSA) is 71.4 Å². The van der Waals surface area contributed by atoms with Gasteiger partial charge >= 0.3 is 6.18 Å². The first-order chi connectivity index (χ1) is 12.3. The SMILES string of the molecule is COc1ccc(OCC(=O)N2N=C3CCCC[C@H]3[C@@]2(O)C(F)(F)F)cc1. The van der Waals surface area contributed by atoms with Crippen molar-refractivity contribution in [2.45, 2.75) is 37.6 Å². The molecule has 6 nitrogen and oxygen atoms in total. The van der Waals surface area contributed by atoms with Crippen molar-refractivity contribution in [3.8, 4) is 11.5 Å². The molecule has 0 bridgehead atoms. The van der Waals surface area contributed by atoms with Gasteiger partial charge in [0.2, 0.25) is 0 Å². The summed E-state index contributed by atoms with van der Waals surface area (Å²) in [5, 5.41) is 14.4. The third-order valence-corrected chi connectivity index (χ3v) is 4.69. The molecule has 0 aromatic heterocycles. The van der Waals surface area contributed by atoms with Gasteiger partial charge in [-0.15, -0.1) is 0 Å². The third kappa shape index (κ3) is 3.11. The lowest BCUT2D eigenvalue weighted by Crippen LogP contribution is -2.62. The quantitative estimate of drug-likeness (QED) is 0.882. The van der Waals surface area contributed by atoms with E-state index in [0.717, 1.165) is 0 Å². The minimum absolute atomic E-state index is 0.137. The van der Waals surface area contributed by atoms with Crippen molar-refractivity contribution < 1.29 is 32.5 Å². The van der Waals surface area contributed by atoms with Gasteiger partial charge in [0.1, 0.15) is 11.5 Å². The number of ether oxygens (including phenoxy) is 2. The average Bonchev–Trinajstić information content (AvgIpc) is 2.94. The fraction of sp³-hybridized carbons (Fsp3) is 0.529. The number of amides is 1. The average molecular weight is 372 g/mol. The molecule has 1 aliphatic carbocycles. The molecule has 1 aromatic rings. The van der Waals surface area contributed by atoms with Crippen molar-refractivity contribution in [2.75, 3.05) is 13.7 Å². The van der Waals surface area contributed by atoms with Crippen molar-refractivity contribution in [2.24, 2.45) is 11.0 Å². The van der Waals surface area contributed by atoms with Gasteiger partial charge in [-0.3, -0.25) is 4.79 Å². The van der Waals surface area contributed by atoms with E-state index >= 15 is 0 Å². The van der Waals surface area contributed by atoms with Gasteiger partial charge in [-0.05, 0) is 43.5 Å². The van der Waals surface area contributed by atoms with Gasteiger partial charge in [-0.2, -0.15) is 23.3 Å². The predicted octanol–water partition coefficient (Wildman–Crippen LogP) is 2.71. The Balaban J connectivity index is 1.76. The first-order valence-electron chi connectivity index (χ1n) is 8.23. The summed E-state index contributed by atoms with van der Waals surface area (Å²) < 4.78 is 51.0. The Morgan fingerprint density at radius 3 is 2.58 bits per heavy atom. The molecule has 142 valence electrons. The Kier molecular flexibility index (Phi) is 4.83. The van der Waals surface area contributed by atoms with Crippen LogP contribution in [0.5, 0.6) is 11.5 Å². The Labute approximate surface area is 148 Å². The largest absolute Gasteiger partial charge is 0.497 e. The van der Waals surface area contributed by atoms with Gasteiger partial charge < -0.3 is 14.6 Å². The highest BCUT2D eigenvalue weighted by molar-refractivity contribution is 5.93. The van der Waals surface area contributed by atoms with Crippen LogP contribution in [0.1, 0.15) is 25.7 Å². The van der Waals surface area contributed by atoms with E-state index in [1.807, 2.05) is 0 Å². The number of rotatable bonds is 4. The van der Waals surface area contributed by atoms with Crippen LogP contribution in [-0.2, 0) is 4.79 Å². The van der Waals surface area contributed by atoms with Crippen LogP contribution in [0.2, 0.25) is 0 Å². The van der Waals surface area contributed by atoms with E-state index in [9.17, 15) is 23.1 Å². The Morgan fingerprint density at radius 2 is 1.96 bits per heavy atom. The van der Waals surface area contributed by atoms with Crippen LogP contribution >= 0.6 is 0 Å². The first kappa shape index (κ1) is 18.5. The maximum atomic E-state index is 13.6. The molecule has 2 atom stereocenters. The maximum Gasteiger partial charge on any atom is 0.439 e. The predicted molar refractivity (Wildman–Crippen MR) is 85.7 cm³/mol. The molecule has 1 saturated carbocycles. The number of halogens is 3. The van der Waals surface area contributed by atoms with E-state index in [0.29, 0.717) is 30.8 Å². The summed E-state index contributed by atoms with van der Waals surface area (Å²) in [4.78, 5) is 12.4. The molecule has 1 N–H and O–H groups in total. The first-order valence-corrected chi connectivity index (χ1v) is 8.23. The normalized spacial score (nSPS) is 25.5. The van der Waals surface area contributed by atoms with Crippen LogP contribution in [-0.4, -0.2) is 47.4 Å². The van der Waals surface area contributed by atoms with E-state index in [1.165, 1.54) is 19.2 Å². The minimum atomic E-state index is -5.02. The third-order valence-electron chi connectivity index (χ3n) is 4.69. The molecule has 0 radical (unpaired) electrons. The lowest BCUT2D eigenvalue weighted by atomic mass is 9.80. The van der Waals surface area contributed by atoms with Crippen LogP contribution in [0.25, 0.3) is 0 Å². The molecule has 0 saturated heterocycles. The molecule has 9 heteroatoms. The van der Waals surface area contributed by atoms with Crippen LogP contribution in [0.3, 0.4) is 0 Å². The second-order valence-corrected chi connectivity index (χ2v) is 6.28. The summed E-state index contributed by atoms with van der Waals surface area (Å²) in [7, 11) is 1.49. The summed E-state index contributed by atoms with van der Waals surface area (Å²) in [5.41, 5.74) is -3.10. The number of aliphatic hydroxyl groups is 1. The molecule has 1 aliphatic heterocycles. The van der Waals surface area contributed by atoms with Crippen molar-refractivity contribution in [3.63, 3.8) is 0 Å². The highest BCUT2D eigenvalue weighted by Gasteiger charge is 2.68. The Morgan fingerprint density at radius 1 is 1.31 bits per heavy atom. The molecular weight excluding hydrogens is 353 g/mol. The van der Waals surface area contributed by atoms with Gasteiger partial charge in [0.15, 0.2) is 6.61 Å². The van der Waals surface area contributed by atoms with Crippen LogP contribution < -0.4 is 9.47 Å². The smallest absolute Gasteiger partial charge is 0.439 e. The molecule has 1 amide bonds. The van der Waals surface area contributed by atoms with Crippen molar-refractivity contribution in [1.29, 1.82) is 0 Å². The number of nitrogens with zero attached hydrogens (tertiary/aromatic N) is 2. The van der Waals surface area contributed by atoms with E-state index in [2.05, 4.69) is 5.10 Å². The summed E-state index contributed by atoms with van der Waals surface area (Å²) in [6.45, 7) is -0.672. The molecule has 0 spiro atoms. The van der Waals surface area contributed by atoms with Crippen molar-refractivity contribution in [3.05, 3.63) is 24.3 Å². The second kappa shape index (κ2) is 6.79. The molecule has 1 aromatic carbocycles. The summed E-state index contributed by atoms with van der Waals surface area (Å²) >= 11 is 0. The van der Waals surface area contributed by atoms with Gasteiger partial charge in [-0.25, -0.2) is 0 Å².